The minimum absolute atomic E-state index is 0.159. The van der Waals surface area contributed by atoms with Gasteiger partial charge in [0.15, 0.2) is 0 Å². The van der Waals surface area contributed by atoms with Crippen LogP contribution in [0.3, 0.4) is 0 Å². The summed E-state index contributed by atoms with van der Waals surface area (Å²) in [6, 6.07) is 6.65. The predicted octanol–water partition coefficient (Wildman–Crippen LogP) is 3.07. The molecule has 0 fully saturated rings. The molecule has 0 spiro atoms. The van der Waals surface area contributed by atoms with E-state index in [2.05, 4.69) is 32.0 Å². The fourth-order valence-electron chi connectivity index (χ4n) is 2.62. The van der Waals surface area contributed by atoms with E-state index in [1.165, 1.54) is 23.8 Å². The standard InChI is InChI=1S/C14H19NO2/c1-4-13-12-6-5-10(2)9-11(12)7-8-15(13)14(16)17-3/h5-6,9,13H,4,7-8H2,1-3H3. The van der Waals surface area contributed by atoms with Gasteiger partial charge in [0.25, 0.3) is 0 Å². The molecule has 0 saturated heterocycles. The fraction of sp³-hybridized carbons (Fsp3) is 0.500. The molecule has 1 unspecified atom stereocenters. The van der Waals surface area contributed by atoms with Crippen LogP contribution >= 0.6 is 0 Å². The highest BCUT2D eigenvalue weighted by Gasteiger charge is 2.29. The number of aryl methyl sites for hydroxylation is 1. The molecule has 92 valence electrons. The van der Waals surface area contributed by atoms with Gasteiger partial charge in [-0.05, 0) is 30.9 Å². The monoisotopic (exact) mass is 233 g/mol. The minimum Gasteiger partial charge on any atom is -0.453 e. The topological polar surface area (TPSA) is 29.5 Å². The van der Waals surface area contributed by atoms with Gasteiger partial charge in [0.2, 0.25) is 0 Å². The van der Waals surface area contributed by atoms with E-state index < -0.39 is 0 Å². The van der Waals surface area contributed by atoms with E-state index in [1.807, 2.05) is 4.90 Å². The number of carbonyl (C=O) groups is 1. The number of fused-ring (bicyclic) bond motifs is 1. The van der Waals surface area contributed by atoms with Crippen molar-refractivity contribution in [3.63, 3.8) is 0 Å². The van der Waals surface area contributed by atoms with Crippen molar-refractivity contribution in [1.29, 1.82) is 0 Å². The highest BCUT2D eigenvalue weighted by atomic mass is 16.5. The van der Waals surface area contributed by atoms with Gasteiger partial charge in [0.05, 0.1) is 13.2 Å². The molecule has 2 rings (SSSR count). The number of carbonyl (C=O) groups excluding carboxylic acids is 1. The first-order valence-corrected chi connectivity index (χ1v) is 6.11. The van der Waals surface area contributed by atoms with Crippen LogP contribution in [-0.4, -0.2) is 24.6 Å². The van der Waals surface area contributed by atoms with Crippen molar-refractivity contribution in [2.24, 2.45) is 0 Å². The molecule has 3 nitrogen and oxygen atoms in total. The molecule has 1 aliphatic heterocycles. The lowest BCUT2D eigenvalue weighted by molar-refractivity contribution is 0.0995. The Labute approximate surface area is 102 Å². The molecular weight excluding hydrogens is 214 g/mol. The maximum absolute atomic E-state index is 11.7. The maximum atomic E-state index is 11.7. The van der Waals surface area contributed by atoms with Crippen LogP contribution in [0.4, 0.5) is 4.79 Å². The number of nitrogens with zero attached hydrogens (tertiary/aromatic N) is 1. The summed E-state index contributed by atoms with van der Waals surface area (Å²) in [7, 11) is 1.44. The van der Waals surface area contributed by atoms with Crippen molar-refractivity contribution in [2.75, 3.05) is 13.7 Å². The summed E-state index contributed by atoms with van der Waals surface area (Å²) in [6.07, 6.45) is 1.62. The van der Waals surface area contributed by atoms with Crippen molar-refractivity contribution in [3.05, 3.63) is 34.9 Å². The van der Waals surface area contributed by atoms with Crippen LogP contribution in [-0.2, 0) is 11.2 Å². The Kier molecular flexibility index (Phi) is 3.36. The second-order valence-electron chi connectivity index (χ2n) is 4.54. The van der Waals surface area contributed by atoms with Crippen LogP contribution in [0.25, 0.3) is 0 Å². The van der Waals surface area contributed by atoms with Gasteiger partial charge in [0.1, 0.15) is 0 Å². The zero-order chi connectivity index (χ0) is 12.4. The molecule has 0 N–H and O–H groups in total. The van der Waals surface area contributed by atoms with Gasteiger partial charge in [-0.1, -0.05) is 30.7 Å². The third kappa shape index (κ3) is 2.14. The fourth-order valence-corrected chi connectivity index (χ4v) is 2.62. The summed E-state index contributed by atoms with van der Waals surface area (Å²) in [5.74, 6) is 0. The highest BCUT2D eigenvalue weighted by molar-refractivity contribution is 5.68. The summed E-state index contributed by atoms with van der Waals surface area (Å²) < 4.78 is 4.85. The van der Waals surface area contributed by atoms with Crippen LogP contribution in [0.1, 0.15) is 36.1 Å². The van der Waals surface area contributed by atoms with E-state index in [0.717, 1.165) is 19.4 Å². The Morgan fingerprint density at radius 3 is 2.94 bits per heavy atom. The Balaban J connectivity index is 2.36. The summed E-state index contributed by atoms with van der Waals surface area (Å²) in [5, 5.41) is 0. The van der Waals surface area contributed by atoms with Crippen molar-refractivity contribution in [2.45, 2.75) is 32.7 Å². The lowest BCUT2D eigenvalue weighted by Gasteiger charge is -2.36. The second-order valence-corrected chi connectivity index (χ2v) is 4.54. The average Bonchev–Trinajstić information content (AvgIpc) is 2.36. The van der Waals surface area contributed by atoms with Crippen LogP contribution in [0, 0.1) is 6.92 Å². The summed E-state index contributed by atoms with van der Waals surface area (Å²) in [6.45, 7) is 4.96. The van der Waals surface area contributed by atoms with Gasteiger partial charge in [-0.25, -0.2) is 4.79 Å². The van der Waals surface area contributed by atoms with Crippen LogP contribution in [0.15, 0.2) is 18.2 Å². The van der Waals surface area contributed by atoms with E-state index in [0.29, 0.717) is 0 Å². The molecule has 1 amide bonds. The number of hydrogen-bond acceptors (Lipinski definition) is 2. The maximum Gasteiger partial charge on any atom is 0.410 e. The molecular formula is C14H19NO2. The molecule has 0 saturated carbocycles. The first-order chi connectivity index (χ1) is 8.17. The molecule has 1 aromatic rings. The number of benzene rings is 1. The Hall–Kier alpha value is -1.51. The van der Waals surface area contributed by atoms with Gasteiger partial charge in [-0.2, -0.15) is 0 Å². The van der Waals surface area contributed by atoms with E-state index >= 15 is 0 Å². The van der Waals surface area contributed by atoms with Crippen molar-refractivity contribution < 1.29 is 9.53 Å². The smallest absolute Gasteiger partial charge is 0.410 e. The van der Waals surface area contributed by atoms with E-state index in [1.54, 1.807) is 0 Å². The molecule has 0 aromatic heterocycles. The number of amides is 1. The molecule has 0 aliphatic carbocycles. The van der Waals surface area contributed by atoms with Gasteiger partial charge in [0, 0.05) is 6.54 Å². The lowest BCUT2D eigenvalue weighted by atomic mass is 9.90. The molecule has 1 heterocycles. The van der Waals surface area contributed by atoms with Crippen molar-refractivity contribution >= 4 is 6.09 Å². The molecule has 3 heteroatoms. The predicted molar refractivity (Wildman–Crippen MR) is 67.0 cm³/mol. The van der Waals surface area contributed by atoms with E-state index in [4.69, 9.17) is 4.74 Å². The zero-order valence-electron chi connectivity index (χ0n) is 10.7. The van der Waals surface area contributed by atoms with Crippen LogP contribution in [0.2, 0.25) is 0 Å². The molecule has 1 aliphatic rings. The van der Waals surface area contributed by atoms with Crippen LogP contribution < -0.4 is 0 Å². The molecule has 0 bridgehead atoms. The first kappa shape index (κ1) is 12.0. The number of rotatable bonds is 1. The highest BCUT2D eigenvalue weighted by Crippen LogP contribution is 2.32. The summed E-state index contributed by atoms with van der Waals surface area (Å²) in [5.41, 5.74) is 3.93. The Bertz CT molecular complexity index is 428. The largest absolute Gasteiger partial charge is 0.453 e. The molecule has 0 radical (unpaired) electrons. The molecule has 1 atom stereocenters. The van der Waals surface area contributed by atoms with Crippen LogP contribution in [0.5, 0.6) is 0 Å². The van der Waals surface area contributed by atoms with Gasteiger partial charge < -0.3 is 9.64 Å². The van der Waals surface area contributed by atoms with E-state index in [9.17, 15) is 4.79 Å². The number of hydrogen-bond donors (Lipinski definition) is 0. The van der Waals surface area contributed by atoms with E-state index in [-0.39, 0.29) is 12.1 Å². The SMILES string of the molecule is CCC1c2ccc(C)cc2CCN1C(=O)OC. The van der Waals surface area contributed by atoms with Gasteiger partial charge >= 0.3 is 6.09 Å². The number of ether oxygens (including phenoxy) is 1. The number of methoxy groups -OCH3 is 1. The average molecular weight is 233 g/mol. The zero-order valence-corrected chi connectivity index (χ0v) is 10.7. The lowest BCUT2D eigenvalue weighted by Crippen LogP contribution is -2.39. The first-order valence-electron chi connectivity index (χ1n) is 6.11. The minimum atomic E-state index is -0.219. The van der Waals surface area contributed by atoms with Crippen molar-refractivity contribution in [1.82, 2.24) is 4.90 Å². The second kappa shape index (κ2) is 4.78. The molecule has 1 aromatic carbocycles. The molecule has 17 heavy (non-hydrogen) atoms. The summed E-state index contributed by atoms with van der Waals surface area (Å²) in [4.78, 5) is 13.5. The third-order valence-corrected chi connectivity index (χ3v) is 3.45. The Morgan fingerprint density at radius 2 is 2.29 bits per heavy atom. The van der Waals surface area contributed by atoms with Crippen molar-refractivity contribution in [3.8, 4) is 0 Å². The van der Waals surface area contributed by atoms with Gasteiger partial charge in [-0.15, -0.1) is 0 Å². The third-order valence-electron chi connectivity index (χ3n) is 3.45. The quantitative estimate of drug-likeness (QED) is 0.746. The Morgan fingerprint density at radius 1 is 1.53 bits per heavy atom. The van der Waals surface area contributed by atoms with Gasteiger partial charge in [-0.3, -0.25) is 0 Å². The normalized spacial score (nSPS) is 18.8. The summed E-state index contributed by atoms with van der Waals surface area (Å²) >= 11 is 0.